The average Bonchev–Trinajstić information content (AvgIpc) is 2.79. The normalized spacial score (nSPS) is 13.8. The molecular weight excluding hydrogens is 380 g/mol. The number of carbonyl (C=O) groups is 2. The zero-order valence-electron chi connectivity index (χ0n) is 15.9. The molecule has 2 aromatic rings. The van der Waals surface area contributed by atoms with E-state index in [1.807, 2.05) is 6.07 Å². The molecule has 0 amide bonds. The molecule has 2 aromatic carbocycles. The molecule has 0 heterocycles. The smallest absolute Gasteiger partial charge is 0.414 e. The van der Waals surface area contributed by atoms with Gasteiger partial charge in [-0.2, -0.15) is 0 Å². The van der Waals surface area contributed by atoms with Gasteiger partial charge in [-0.1, -0.05) is 41.9 Å². The number of carboxylic acid groups (broad SMARTS) is 2. The fourth-order valence-corrected chi connectivity index (χ4v) is 3.08. The molecule has 1 aliphatic rings. The maximum absolute atomic E-state index is 9.10. The van der Waals surface area contributed by atoms with Crippen LogP contribution in [0.3, 0.4) is 0 Å². The maximum Gasteiger partial charge on any atom is 0.414 e. The largest absolute Gasteiger partial charge is 0.473 e. The quantitative estimate of drug-likeness (QED) is 0.770. The van der Waals surface area contributed by atoms with E-state index in [4.69, 9.17) is 36.4 Å². The molecule has 0 atom stereocenters. The first-order valence-corrected chi connectivity index (χ1v) is 9.20. The van der Waals surface area contributed by atoms with Crippen LogP contribution in [0, 0.1) is 0 Å². The Hall–Kier alpha value is -2.70. The van der Waals surface area contributed by atoms with Crippen LogP contribution in [0.25, 0.3) is 0 Å². The lowest BCUT2D eigenvalue weighted by Gasteiger charge is -2.13. The summed E-state index contributed by atoms with van der Waals surface area (Å²) in [5, 5.41) is 15.6. The summed E-state index contributed by atoms with van der Waals surface area (Å²) < 4.78 is 0. The van der Waals surface area contributed by atoms with E-state index in [9.17, 15) is 0 Å². The number of hydrogen-bond acceptors (Lipinski definition) is 4. The van der Waals surface area contributed by atoms with E-state index < -0.39 is 11.9 Å². The minimum Gasteiger partial charge on any atom is -0.473 e. The van der Waals surface area contributed by atoms with Crippen molar-refractivity contribution >= 4 is 29.3 Å². The summed E-state index contributed by atoms with van der Waals surface area (Å²) in [6.07, 6.45) is 2.09. The van der Waals surface area contributed by atoms with E-state index in [1.54, 1.807) is 0 Å². The Morgan fingerprint density at radius 3 is 2.21 bits per heavy atom. The summed E-state index contributed by atoms with van der Waals surface area (Å²) in [4.78, 5) is 25.3. The number of benzene rings is 2. The summed E-state index contributed by atoms with van der Waals surface area (Å²) in [6, 6.07) is 14.8. The Kier molecular flexibility index (Phi) is 7.72. The first kappa shape index (κ1) is 21.6. The van der Waals surface area contributed by atoms with E-state index in [0.717, 1.165) is 36.7 Å². The molecule has 28 heavy (non-hydrogen) atoms. The molecule has 0 aliphatic heterocycles. The molecule has 0 radical (unpaired) electrons. The van der Waals surface area contributed by atoms with Crippen LogP contribution in [-0.2, 0) is 22.4 Å². The Bertz CT molecular complexity index is 882. The summed E-state index contributed by atoms with van der Waals surface area (Å²) in [7, 11) is 4.15. The van der Waals surface area contributed by atoms with Gasteiger partial charge in [0.1, 0.15) is 0 Å². The van der Waals surface area contributed by atoms with Crippen molar-refractivity contribution in [1.29, 1.82) is 0 Å². The first-order valence-electron chi connectivity index (χ1n) is 8.82. The molecule has 0 spiro atoms. The molecule has 1 aliphatic carbocycles. The number of aliphatic imine (C=N–C) groups is 1. The van der Waals surface area contributed by atoms with Crippen molar-refractivity contribution in [3.05, 3.63) is 69.7 Å². The highest BCUT2D eigenvalue weighted by Crippen LogP contribution is 2.27. The van der Waals surface area contributed by atoms with Crippen molar-refractivity contribution in [2.75, 3.05) is 27.2 Å². The molecule has 2 N–H and O–H groups in total. The lowest BCUT2D eigenvalue weighted by molar-refractivity contribution is -0.159. The highest BCUT2D eigenvalue weighted by Gasteiger charge is 2.19. The second kappa shape index (κ2) is 10.0. The zero-order valence-corrected chi connectivity index (χ0v) is 16.6. The van der Waals surface area contributed by atoms with E-state index in [-0.39, 0.29) is 0 Å². The Morgan fingerprint density at radius 2 is 1.61 bits per heavy atom. The van der Waals surface area contributed by atoms with Crippen LogP contribution >= 0.6 is 11.6 Å². The molecule has 0 bridgehead atoms. The van der Waals surface area contributed by atoms with Crippen LogP contribution in [0.5, 0.6) is 0 Å². The molecule has 0 aromatic heterocycles. The number of rotatable bonds is 3. The summed E-state index contributed by atoms with van der Waals surface area (Å²) >= 11 is 6.24. The SMILES string of the molecule is CN(C)CCN=C1c2ccccc2CCc2ccc(Cl)cc21.O=C(O)C(=O)O. The number of aryl methyl sites for hydroxylation is 2. The highest BCUT2D eigenvalue weighted by molar-refractivity contribution is 6.31. The number of nitrogens with zero attached hydrogens (tertiary/aromatic N) is 2. The van der Waals surface area contributed by atoms with Crippen LogP contribution < -0.4 is 0 Å². The molecule has 0 unspecified atom stereocenters. The van der Waals surface area contributed by atoms with Crippen LogP contribution in [0.4, 0.5) is 0 Å². The molecule has 0 fully saturated rings. The van der Waals surface area contributed by atoms with Gasteiger partial charge in [-0.05, 0) is 50.2 Å². The lowest BCUT2D eigenvalue weighted by atomic mass is 9.98. The van der Waals surface area contributed by atoms with Gasteiger partial charge in [0, 0.05) is 22.7 Å². The van der Waals surface area contributed by atoms with Gasteiger partial charge >= 0.3 is 11.9 Å². The number of carboxylic acids is 2. The maximum atomic E-state index is 9.10. The molecule has 3 rings (SSSR count). The van der Waals surface area contributed by atoms with Crippen molar-refractivity contribution in [1.82, 2.24) is 4.90 Å². The van der Waals surface area contributed by atoms with Crippen molar-refractivity contribution in [2.45, 2.75) is 12.8 Å². The van der Waals surface area contributed by atoms with E-state index in [2.05, 4.69) is 55.4 Å². The standard InChI is InChI=1S/C19H21ClN2.C2H2O4/c1-22(2)12-11-21-19-17-6-4-3-5-14(17)7-8-15-9-10-16(20)13-18(15)19;3-1(4)2(5)6/h3-6,9-10,13H,7-8,11-12H2,1-2H3;(H,3,4)(H,5,6). The van der Waals surface area contributed by atoms with Crippen molar-refractivity contribution in [3.63, 3.8) is 0 Å². The molecule has 6 nitrogen and oxygen atoms in total. The average molecular weight is 403 g/mol. The van der Waals surface area contributed by atoms with Crippen molar-refractivity contribution in [3.8, 4) is 0 Å². The number of aliphatic carboxylic acids is 2. The zero-order chi connectivity index (χ0) is 20.7. The van der Waals surface area contributed by atoms with Gasteiger partial charge in [0.25, 0.3) is 0 Å². The predicted molar refractivity (Wildman–Crippen MR) is 110 cm³/mol. The van der Waals surface area contributed by atoms with Gasteiger partial charge in [-0.25, -0.2) is 9.59 Å². The Labute approximate surface area is 169 Å². The Balaban J connectivity index is 0.000000409. The van der Waals surface area contributed by atoms with Crippen LogP contribution in [0.1, 0.15) is 22.3 Å². The number of halogens is 1. The summed E-state index contributed by atoms with van der Waals surface area (Å²) in [5.74, 6) is -3.65. The molecule has 7 heteroatoms. The van der Waals surface area contributed by atoms with Crippen LogP contribution in [-0.4, -0.2) is 59.9 Å². The second-order valence-electron chi connectivity index (χ2n) is 6.60. The Morgan fingerprint density at radius 1 is 1.00 bits per heavy atom. The first-order chi connectivity index (χ1) is 13.3. The van der Waals surface area contributed by atoms with Gasteiger partial charge in [0.05, 0.1) is 12.3 Å². The van der Waals surface area contributed by atoms with Crippen molar-refractivity contribution < 1.29 is 19.8 Å². The summed E-state index contributed by atoms with van der Waals surface area (Å²) in [6.45, 7) is 1.74. The second-order valence-corrected chi connectivity index (χ2v) is 7.04. The number of hydrogen-bond donors (Lipinski definition) is 2. The molecule has 0 saturated carbocycles. The third-order valence-electron chi connectivity index (χ3n) is 4.26. The van der Waals surface area contributed by atoms with E-state index in [0.29, 0.717) is 0 Å². The van der Waals surface area contributed by atoms with Crippen molar-refractivity contribution in [2.24, 2.45) is 4.99 Å². The third-order valence-corrected chi connectivity index (χ3v) is 4.50. The lowest BCUT2D eigenvalue weighted by Crippen LogP contribution is -2.17. The van der Waals surface area contributed by atoms with Gasteiger partial charge in [-0.3, -0.25) is 4.99 Å². The summed E-state index contributed by atoms with van der Waals surface area (Å²) in [5.41, 5.74) is 6.24. The molecule has 148 valence electrons. The monoisotopic (exact) mass is 402 g/mol. The molecule has 0 saturated heterocycles. The van der Waals surface area contributed by atoms with Gasteiger partial charge in [0.2, 0.25) is 0 Å². The van der Waals surface area contributed by atoms with E-state index in [1.165, 1.54) is 22.3 Å². The number of fused-ring (bicyclic) bond motifs is 2. The minimum absolute atomic E-state index is 0.776. The van der Waals surface area contributed by atoms with Crippen LogP contribution in [0.2, 0.25) is 5.02 Å². The van der Waals surface area contributed by atoms with Crippen LogP contribution in [0.15, 0.2) is 47.5 Å². The molecular formula is C21H23ClN2O4. The minimum atomic E-state index is -1.82. The van der Waals surface area contributed by atoms with E-state index >= 15 is 0 Å². The highest BCUT2D eigenvalue weighted by atomic mass is 35.5. The van der Waals surface area contributed by atoms with Gasteiger partial charge in [-0.15, -0.1) is 0 Å². The van der Waals surface area contributed by atoms with Gasteiger partial charge in [0.15, 0.2) is 0 Å². The topological polar surface area (TPSA) is 90.2 Å². The predicted octanol–water partition coefficient (Wildman–Crippen LogP) is 2.99. The number of likely N-dealkylation sites (N-methyl/N-ethyl adjacent to an activating group) is 1. The third kappa shape index (κ3) is 5.90. The van der Waals surface area contributed by atoms with Gasteiger partial charge < -0.3 is 15.1 Å². The fraction of sp³-hybridized carbons (Fsp3) is 0.286. The fourth-order valence-electron chi connectivity index (χ4n) is 2.90.